The fraction of sp³-hybridized carbons (Fsp3) is 0.462. The minimum absolute atomic E-state index is 0.141. The summed E-state index contributed by atoms with van der Waals surface area (Å²) in [6.07, 6.45) is 0.957. The highest BCUT2D eigenvalue weighted by Crippen LogP contribution is 2.11. The molecule has 18 heavy (non-hydrogen) atoms. The third-order valence-corrected chi connectivity index (χ3v) is 3.03. The van der Waals surface area contributed by atoms with E-state index < -0.39 is 11.6 Å². The Kier molecular flexibility index (Phi) is 4.38. The van der Waals surface area contributed by atoms with Gasteiger partial charge in [0.05, 0.1) is 12.1 Å². The van der Waals surface area contributed by atoms with E-state index in [1.165, 1.54) is 0 Å². The van der Waals surface area contributed by atoms with E-state index in [-0.39, 0.29) is 17.9 Å². The van der Waals surface area contributed by atoms with Crippen LogP contribution in [0.3, 0.4) is 0 Å². The molecular weight excluding hydrogens is 238 g/mol. The summed E-state index contributed by atoms with van der Waals surface area (Å²) in [7, 11) is 0. The number of benzene rings is 1. The van der Waals surface area contributed by atoms with Gasteiger partial charge in [-0.3, -0.25) is 9.69 Å². The van der Waals surface area contributed by atoms with Gasteiger partial charge in [0, 0.05) is 13.1 Å². The van der Waals surface area contributed by atoms with Gasteiger partial charge in [-0.2, -0.15) is 0 Å². The number of rotatable bonds is 3. The van der Waals surface area contributed by atoms with Crippen molar-refractivity contribution >= 4 is 5.78 Å². The number of nitrogens with zero attached hydrogens (tertiary/aromatic N) is 1. The molecule has 1 N–H and O–H groups in total. The van der Waals surface area contributed by atoms with Crippen LogP contribution in [-0.2, 0) is 0 Å². The minimum Gasteiger partial charge on any atom is -0.315 e. The van der Waals surface area contributed by atoms with E-state index >= 15 is 0 Å². The standard InChI is InChI=1S/C13H16F2N2O/c14-10-2-3-12(15)11(8-10)13(18)9-17-6-1-4-16-5-7-17/h2-3,8,16H,1,4-7,9H2. The largest absolute Gasteiger partial charge is 0.315 e. The number of hydrogen-bond acceptors (Lipinski definition) is 3. The predicted molar refractivity (Wildman–Crippen MR) is 64.6 cm³/mol. The van der Waals surface area contributed by atoms with E-state index in [1.807, 2.05) is 4.90 Å². The molecule has 0 aromatic heterocycles. The zero-order valence-corrected chi connectivity index (χ0v) is 10.1. The van der Waals surface area contributed by atoms with Crippen molar-refractivity contribution in [3.63, 3.8) is 0 Å². The van der Waals surface area contributed by atoms with Crippen LogP contribution in [0.5, 0.6) is 0 Å². The fourth-order valence-corrected chi connectivity index (χ4v) is 2.06. The monoisotopic (exact) mass is 254 g/mol. The first-order valence-electron chi connectivity index (χ1n) is 6.08. The van der Waals surface area contributed by atoms with Crippen LogP contribution in [0, 0.1) is 11.6 Å². The smallest absolute Gasteiger partial charge is 0.179 e. The summed E-state index contributed by atoms with van der Waals surface area (Å²) in [6.45, 7) is 3.44. The zero-order valence-electron chi connectivity index (χ0n) is 10.1. The lowest BCUT2D eigenvalue weighted by atomic mass is 10.1. The third kappa shape index (κ3) is 3.34. The Balaban J connectivity index is 2.04. The zero-order chi connectivity index (χ0) is 13.0. The maximum absolute atomic E-state index is 13.4. The molecule has 5 heteroatoms. The van der Waals surface area contributed by atoms with Crippen LogP contribution in [0.1, 0.15) is 16.8 Å². The second kappa shape index (κ2) is 6.02. The maximum atomic E-state index is 13.4. The second-order valence-corrected chi connectivity index (χ2v) is 4.43. The average Bonchev–Trinajstić information content (AvgIpc) is 2.61. The lowest BCUT2D eigenvalue weighted by molar-refractivity contribution is 0.0930. The van der Waals surface area contributed by atoms with Crippen molar-refractivity contribution in [3.8, 4) is 0 Å². The van der Waals surface area contributed by atoms with Crippen molar-refractivity contribution in [2.75, 3.05) is 32.7 Å². The van der Waals surface area contributed by atoms with E-state index in [4.69, 9.17) is 0 Å². The molecule has 0 unspecified atom stereocenters. The molecule has 0 radical (unpaired) electrons. The quantitative estimate of drug-likeness (QED) is 0.828. The van der Waals surface area contributed by atoms with Gasteiger partial charge in [-0.1, -0.05) is 0 Å². The van der Waals surface area contributed by atoms with Crippen molar-refractivity contribution < 1.29 is 13.6 Å². The number of hydrogen-bond donors (Lipinski definition) is 1. The van der Waals surface area contributed by atoms with E-state index in [2.05, 4.69) is 5.32 Å². The van der Waals surface area contributed by atoms with E-state index in [0.29, 0.717) is 0 Å². The first-order chi connectivity index (χ1) is 8.66. The van der Waals surface area contributed by atoms with Crippen molar-refractivity contribution in [1.82, 2.24) is 10.2 Å². The number of ketones is 1. The predicted octanol–water partition coefficient (Wildman–Crippen LogP) is 1.44. The van der Waals surface area contributed by atoms with Gasteiger partial charge < -0.3 is 5.32 Å². The number of carbonyl (C=O) groups is 1. The van der Waals surface area contributed by atoms with Gasteiger partial charge >= 0.3 is 0 Å². The summed E-state index contributed by atoms with van der Waals surface area (Å²) in [4.78, 5) is 13.9. The molecule has 0 spiro atoms. The van der Waals surface area contributed by atoms with Gasteiger partial charge in [0.2, 0.25) is 0 Å². The highest BCUT2D eigenvalue weighted by Gasteiger charge is 2.17. The molecule has 98 valence electrons. The lowest BCUT2D eigenvalue weighted by Gasteiger charge is -2.18. The van der Waals surface area contributed by atoms with E-state index in [0.717, 1.165) is 50.8 Å². The van der Waals surface area contributed by atoms with Crippen LogP contribution >= 0.6 is 0 Å². The third-order valence-electron chi connectivity index (χ3n) is 3.03. The van der Waals surface area contributed by atoms with Gasteiger partial charge in [-0.15, -0.1) is 0 Å². The molecule has 0 amide bonds. The second-order valence-electron chi connectivity index (χ2n) is 4.43. The van der Waals surface area contributed by atoms with E-state index in [9.17, 15) is 13.6 Å². The Labute approximate surface area is 105 Å². The molecule has 1 aliphatic rings. The van der Waals surface area contributed by atoms with Crippen LogP contribution in [0.15, 0.2) is 18.2 Å². The summed E-state index contributed by atoms with van der Waals surface area (Å²) in [6, 6.07) is 2.97. The molecule has 0 aliphatic carbocycles. The highest BCUT2D eigenvalue weighted by molar-refractivity contribution is 5.97. The Morgan fingerprint density at radius 3 is 2.94 bits per heavy atom. The summed E-state index contributed by atoms with van der Waals surface area (Å²) < 4.78 is 26.4. The van der Waals surface area contributed by atoms with Crippen LogP contribution in [-0.4, -0.2) is 43.4 Å². The number of halogens is 2. The van der Waals surface area contributed by atoms with Crippen molar-refractivity contribution in [2.45, 2.75) is 6.42 Å². The number of Topliss-reactive ketones (excluding diaryl/α,β-unsaturated/α-hetero) is 1. The van der Waals surface area contributed by atoms with Crippen molar-refractivity contribution in [1.29, 1.82) is 0 Å². The van der Waals surface area contributed by atoms with Crippen molar-refractivity contribution in [3.05, 3.63) is 35.4 Å². The summed E-state index contributed by atoms with van der Waals surface area (Å²) in [5.74, 6) is -1.61. The minimum atomic E-state index is -0.658. The van der Waals surface area contributed by atoms with Gasteiger partial charge in [0.1, 0.15) is 11.6 Å². The topological polar surface area (TPSA) is 32.3 Å². The van der Waals surface area contributed by atoms with Gasteiger partial charge in [-0.05, 0) is 37.7 Å². The molecule has 3 nitrogen and oxygen atoms in total. The molecule has 1 aromatic rings. The molecule has 1 saturated heterocycles. The molecule has 1 fully saturated rings. The Bertz CT molecular complexity index is 429. The van der Waals surface area contributed by atoms with Crippen LogP contribution in [0.4, 0.5) is 8.78 Å². The fourth-order valence-electron chi connectivity index (χ4n) is 2.06. The van der Waals surface area contributed by atoms with E-state index in [1.54, 1.807) is 0 Å². The lowest BCUT2D eigenvalue weighted by Crippen LogP contribution is -2.33. The van der Waals surface area contributed by atoms with Gasteiger partial charge in [-0.25, -0.2) is 8.78 Å². The van der Waals surface area contributed by atoms with Crippen LogP contribution in [0.25, 0.3) is 0 Å². The summed E-state index contributed by atoms with van der Waals surface area (Å²) in [5, 5.41) is 3.22. The SMILES string of the molecule is O=C(CN1CCCNCC1)c1cc(F)ccc1F. The Morgan fingerprint density at radius 1 is 1.28 bits per heavy atom. The average molecular weight is 254 g/mol. The molecule has 0 bridgehead atoms. The normalized spacial score (nSPS) is 17.4. The molecule has 1 aromatic carbocycles. The first-order valence-corrected chi connectivity index (χ1v) is 6.08. The van der Waals surface area contributed by atoms with Crippen LogP contribution < -0.4 is 5.32 Å². The molecule has 0 atom stereocenters. The number of carbonyl (C=O) groups excluding carboxylic acids is 1. The number of nitrogens with one attached hydrogen (secondary N) is 1. The highest BCUT2D eigenvalue weighted by atomic mass is 19.1. The molecule has 1 heterocycles. The van der Waals surface area contributed by atoms with Gasteiger partial charge in [0.15, 0.2) is 5.78 Å². The molecule has 1 aliphatic heterocycles. The molecule has 2 rings (SSSR count). The van der Waals surface area contributed by atoms with Crippen molar-refractivity contribution in [2.24, 2.45) is 0 Å². The molecule has 0 saturated carbocycles. The Hall–Kier alpha value is -1.33. The van der Waals surface area contributed by atoms with Crippen LogP contribution in [0.2, 0.25) is 0 Å². The first kappa shape index (κ1) is 13.1. The Morgan fingerprint density at radius 2 is 2.11 bits per heavy atom. The summed E-state index contributed by atoms with van der Waals surface area (Å²) >= 11 is 0. The van der Waals surface area contributed by atoms with Gasteiger partial charge in [0.25, 0.3) is 0 Å². The summed E-state index contributed by atoms with van der Waals surface area (Å²) in [5.41, 5.74) is -0.160. The molecular formula is C13H16F2N2O. The maximum Gasteiger partial charge on any atom is 0.179 e.